The van der Waals surface area contributed by atoms with Gasteiger partial charge in [-0.3, -0.25) is 20.2 Å². The lowest BCUT2D eigenvalue weighted by atomic mass is 10.3. The lowest BCUT2D eigenvalue weighted by molar-refractivity contribution is -0.422. The van der Waals surface area contributed by atoms with Crippen LogP contribution in [0.4, 0.5) is 22.7 Å². The molecule has 2 N–H and O–H groups in total. The molecule has 0 aliphatic rings. The quantitative estimate of drug-likeness (QED) is 0.512. The fraction of sp³-hybridized carbons (Fsp3) is 0. The van der Waals surface area contributed by atoms with Crippen LogP contribution in [0.25, 0.3) is 0 Å². The number of hydrazine groups is 1. The minimum absolute atomic E-state index is 0.484. The van der Waals surface area contributed by atoms with Crippen molar-refractivity contribution in [2.75, 3.05) is 10.9 Å². The van der Waals surface area contributed by atoms with Gasteiger partial charge < -0.3 is 10.9 Å². The number of benzene rings is 3. The molecule has 26 heavy (non-hydrogen) atoms. The van der Waals surface area contributed by atoms with E-state index in [2.05, 4.69) is 10.9 Å². The lowest BCUT2D eigenvalue weighted by Crippen LogP contribution is -2.07. The molecule has 0 unspecified atom stereocenters. The van der Waals surface area contributed by atoms with Gasteiger partial charge >= 0.3 is 11.4 Å². The van der Waals surface area contributed by atoms with E-state index in [4.69, 9.17) is 0 Å². The summed E-state index contributed by atoms with van der Waals surface area (Å²) in [5, 5.41) is 20.5. The smallest absolute Gasteiger partial charge is 0.301 e. The van der Waals surface area contributed by atoms with Crippen LogP contribution in [0.3, 0.4) is 0 Å². The predicted octanol–water partition coefficient (Wildman–Crippen LogP) is 4.63. The van der Waals surface area contributed by atoms with Gasteiger partial charge in [0, 0.05) is 12.1 Å². The van der Waals surface area contributed by atoms with E-state index in [0.29, 0.717) is 0 Å². The van der Waals surface area contributed by atoms with Crippen molar-refractivity contribution in [2.45, 2.75) is 0 Å². The number of nitrogens with zero attached hydrogens (tertiary/aromatic N) is 2. The van der Waals surface area contributed by atoms with Gasteiger partial charge in [-0.1, -0.05) is 48.5 Å². The highest BCUT2D eigenvalue weighted by Crippen LogP contribution is 2.24. The summed E-state index contributed by atoms with van der Waals surface area (Å²) < 4.78 is 0. The van der Waals surface area contributed by atoms with Crippen molar-refractivity contribution in [1.82, 2.24) is 0 Å². The van der Waals surface area contributed by atoms with Crippen LogP contribution >= 0.6 is 0 Å². The molecule has 0 aliphatic heterocycles. The lowest BCUT2D eigenvalue weighted by Gasteiger charge is -2.08. The monoisotopic (exact) mass is 352 g/mol. The van der Waals surface area contributed by atoms with Crippen LogP contribution in [-0.2, 0) is 0 Å². The van der Waals surface area contributed by atoms with Gasteiger partial charge in [0.1, 0.15) is 0 Å². The van der Waals surface area contributed by atoms with Gasteiger partial charge in [-0.25, -0.2) is 0 Å². The van der Waals surface area contributed by atoms with E-state index in [1.165, 1.54) is 12.1 Å². The summed E-state index contributed by atoms with van der Waals surface area (Å²) in [6, 6.07) is 25.0. The number of hydrogen-bond donors (Lipinski definition) is 2. The normalized spacial score (nSPS) is 9.38. The minimum atomic E-state index is -0.780. The van der Waals surface area contributed by atoms with Crippen molar-refractivity contribution in [3.05, 3.63) is 105 Å². The SMILES string of the molecule is O=[N+]([O-])c1ccccc1[N+](=O)[O-].c1ccc(NNc2ccccc2)cc1. The Bertz CT molecular complexity index is 785. The first kappa shape index (κ1) is 18.4. The first-order valence-electron chi connectivity index (χ1n) is 7.58. The number of para-hydroxylation sites is 4. The molecule has 0 saturated heterocycles. The molecule has 0 heterocycles. The second-order valence-electron chi connectivity index (χ2n) is 4.98. The maximum Gasteiger partial charge on any atom is 0.346 e. The molecular weight excluding hydrogens is 336 g/mol. The molecule has 0 radical (unpaired) electrons. The standard InChI is InChI=1S/C12H12N2.C6H4N2O4/c1-3-7-11(8-4-1)13-14-12-9-5-2-6-10-12;9-7(10)5-3-1-2-4-6(5)8(11)12/h1-10,13-14H;1-4H. The molecule has 3 rings (SSSR count). The zero-order valence-corrected chi connectivity index (χ0v) is 13.6. The molecular formula is C18H16N4O4. The van der Waals surface area contributed by atoms with E-state index < -0.39 is 21.2 Å². The molecule has 0 spiro atoms. The topological polar surface area (TPSA) is 110 Å². The molecule has 0 saturated carbocycles. The number of rotatable bonds is 5. The van der Waals surface area contributed by atoms with Crippen LogP contribution in [0.1, 0.15) is 0 Å². The van der Waals surface area contributed by atoms with E-state index in [0.717, 1.165) is 23.5 Å². The fourth-order valence-electron chi connectivity index (χ4n) is 1.96. The Kier molecular flexibility index (Phi) is 6.64. The molecule has 0 atom stereocenters. The highest BCUT2D eigenvalue weighted by atomic mass is 16.6. The first-order chi connectivity index (χ1) is 12.6. The van der Waals surface area contributed by atoms with Crippen LogP contribution in [0.2, 0.25) is 0 Å². The molecule has 0 bridgehead atoms. The largest absolute Gasteiger partial charge is 0.346 e. The summed E-state index contributed by atoms with van der Waals surface area (Å²) in [6.45, 7) is 0. The number of anilines is 2. The molecule has 3 aromatic carbocycles. The van der Waals surface area contributed by atoms with Crippen molar-refractivity contribution < 1.29 is 9.85 Å². The average Bonchev–Trinajstić information content (AvgIpc) is 2.68. The Morgan fingerprint density at radius 2 is 0.846 bits per heavy atom. The van der Waals surface area contributed by atoms with Crippen LogP contribution in [-0.4, -0.2) is 9.85 Å². The van der Waals surface area contributed by atoms with Crippen LogP contribution < -0.4 is 10.9 Å². The Balaban J connectivity index is 0.000000190. The van der Waals surface area contributed by atoms with E-state index >= 15 is 0 Å². The number of hydrogen-bond acceptors (Lipinski definition) is 6. The van der Waals surface area contributed by atoms with Crippen molar-refractivity contribution >= 4 is 22.7 Å². The molecule has 0 fully saturated rings. The van der Waals surface area contributed by atoms with Gasteiger partial charge in [-0.15, -0.1) is 0 Å². The summed E-state index contributed by atoms with van der Waals surface area (Å²) >= 11 is 0. The number of nitro groups is 2. The van der Waals surface area contributed by atoms with Crippen molar-refractivity contribution in [3.8, 4) is 0 Å². The Hall–Kier alpha value is -3.94. The second kappa shape index (κ2) is 9.38. The minimum Gasteiger partial charge on any atom is -0.301 e. The first-order valence-corrected chi connectivity index (χ1v) is 7.58. The fourth-order valence-corrected chi connectivity index (χ4v) is 1.96. The molecule has 0 aromatic heterocycles. The van der Waals surface area contributed by atoms with Crippen molar-refractivity contribution in [1.29, 1.82) is 0 Å². The van der Waals surface area contributed by atoms with Crippen LogP contribution in [0, 0.1) is 20.2 Å². The van der Waals surface area contributed by atoms with E-state index in [9.17, 15) is 20.2 Å². The van der Waals surface area contributed by atoms with Crippen LogP contribution in [0.15, 0.2) is 84.9 Å². The van der Waals surface area contributed by atoms with Gasteiger partial charge in [-0.05, 0) is 24.3 Å². The second-order valence-corrected chi connectivity index (χ2v) is 4.98. The third kappa shape index (κ3) is 5.60. The van der Waals surface area contributed by atoms with Gasteiger partial charge in [-0.2, -0.15) is 0 Å². The molecule has 0 amide bonds. The highest BCUT2D eigenvalue weighted by Gasteiger charge is 2.21. The van der Waals surface area contributed by atoms with Gasteiger partial charge in [0.15, 0.2) is 0 Å². The Labute approximate surface area is 149 Å². The Morgan fingerprint density at radius 3 is 1.15 bits per heavy atom. The zero-order chi connectivity index (χ0) is 18.8. The Morgan fingerprint density at radius 1 is 0.538 bits per heavy atom. The van der Waals surface area contributed by atoms with E-state index in [-0.39, 0.29) is 0 Å². The predicted molar refractivity (Wildman–Crippen MR) is 99.9 cm³/mol. The van der Waals surface area contributed by atoms with E-state index in [1.54, 1.807) is 0 Å². The summed E-state index contributed by atoms with van der Waals surface area (Å²) in [5.41, 5.74) is 7.36. The summed E-state index contributed by atoms with van der Waals surface area (Å²) in [4.78, 5) is 18.9. The molecule has 3 aromatic rings. The third-order valence-electron chi connectivity index (χ3n) is 3.17. The van der Waals surface area contributed by atoms with E-state index in [1.807, 2.05) is 60.7 Å². The summed E-state index contributed by atoms with van der Waals surface area (Å²) in [6.07, 6.45) is 0. The molecule has 8 nitrogen and oxygen atoms in total. The maximum atomic E-state index is 10.2. The summed E-state index contributed by atoms with van der Waals surface area (Å²) in [5.74, 6) is 0. The highest BCUT2D eigenvalue weighted by molar-refractivity contribution is 5.52. The molecule has 132 valence electrons. The third-order valence-corrected chi connectivity index (χ3v) is 3.17. The van der Waals surface area contributed by atoms with Crippen molar-refractivity contribution in [2.24, 2.45) is 0 Å². The maximum absolute atomic E-state index is 10.2. The van der Waals surface area contributed by atoms with Crippen molar-refractivity contribution in [3.63, 3.8) is 0 Å². The van der Waals surface area contributed by atoms with Gasteiger partial charge in [0.25, 0.3) is 0 Å². The zero-order valence-electron chi connectivity index (χ0n) is 13.6. The van der Waals surface area contributed by atoms with Gasteiger partial charge in [0.2, 0.25) is 0 Å². The number of nitrogens with one attached hydrogen (secondary N) is 2. The van der Waals surface area contributed by atoms with Crippen LogP contribution in [0.5, 0.6) is 0 Å². The number of nitro benzene ring substituents is 2. The molecule has 8 heteroatoms. The summed E-state index contributed by atoms with van der Waals surface area (Å²) in [7, 11) is 0. The average molecular weight is 352 g/mol. The van der Waals surface area contributed by atoms with Gasteiger partial charge in [0.05, 0.1) is 21.2 Å². The molecule has 0 aliphatic carbocycles.